The first-order chi connectivity index (χ1) is 9.37. The van der Waals surface area contributed by atoms with Crippen LogP contribution in [0.2, 0.25) is 0 Å². The molecule has 0 radical (unpaired) electrons. The average Bonchev–Trinajstić information content (AvgIpc) is 2.39. The van der Waals surface area contributed by atoms with Crippen molar-refractivity contribution in [1.29, 1.82) is 0 Å². The molecule has 0 unspecified atom stereocenters. The zero-order chi connectivity index (χ0) is 14.8. The lowest BCUT2D eigenvalue weighted by Crippen LogP contribution is -2.46. The third-order valence-electron chi connectivity index (χ3n) is 3.40. The fourth-order valence-corrected chi connectivity index (χ4v) is 2.42. The van der Waals surface area contributed by atoms with Crippen molar-refractivity contribution in [2.75, 3.05) is 26.2 Å². The molecule has 0 bridgehead atoms. The van der Waals surface area contributed by atoms with Gasteiger partial charge in [-0.15, -0.1) is 24.8 Å². The molecule has 1 aromatic carbocycles. The van der Waals surface area contributed by atoms with Crippen LogP contribution < -0.4 is 5.32 Å². The van der Waals surface area contributed by atoms with Gasteiger partial charge in [0.15, 0.2) is 11.5 Å². The number of hydrogen-bond donors (Lipinski definition) is 3. The maximum Gasteiger partial charge on any atom is 0.390 e. The number of phenols is 2. The van der Waals surface area contributed by atoms with Gasteiger partial charge in [0.25, 0.3) is 0 Å². The van der Waals surface area contributed by atoms with Crippen LogP contribution in [0.4, 0.5) is 13.2 Å². The van der Waals surface area contributed by atoms with E-state index < -0.39 is 24.4 Å². The Bertz CT molecular complexity index is 469. The predicted octanol–water partition coefficient (Wildman–Crippen LogP) is 2.84. The van der Waals surface area contributed by atoms with Gasteiger partial charge < -0.3 is 15.5 Å². The fraction of sp³-hybridized carbons (Fsp3) is 0.538. The number of rotatable bonds is 3. The Hall–Kier alpha value is -0.890. The highest BCUT2D eigenvalue weighted by atomic mass is 35.5. The minimum atomic E-state index is -4.29. The minimum Gasteiger partial charge on any atom is -0.504 e. The molecule has 1 fully saturated rings. The summed E-state index contributed by atoms with van der Waals surface area (Å²) in [5.41, 5.74) is 0.361. The number of phenolic OH excluding ortho intramolecular Hbond substituents is 2. The second kappa shape index (κ2) is 8.67. The van der Waals surface area contributed by atoms with E-state index in [4.69, 9.17) is 0 Å². The van der Waals surface area contributed by atoms with E-state index in [0.717, 1.165) is 0 Å². The van der Waals surface area contributed by atoms with Gasteiger partial charge >= 0.3 is 6.18 Å². The number of halogens is 5. The number of nitrogens with zero attached hydrogens (tertiary/aromatic N) is 1. The van der Waals surface area contributed by atoms with Crippen molar-refractivity contribution in [3.63, 3.8) is 0 Å². The van der Waals surface area contributed by atoms with Crippen molar-refractivity contribution in [1.82, 2.24) is 10.2 Å². The van der Waals surface area contributed by atoms with E-state index in [-0.39, 0.29) is 30.6 Å². The molecule has 1 heterocycles. The molecule has 2 rings (SSSR count). The van der Waals surface area contributed by atoms with Gasteiger partial charge in [0, 0.05) is 32.2 Å². The lowest BCUT2D eigenvalue weighted by molar-refractivity contribution is -0.148. The molecule has 0 aliphatic carbocycles. The number of nitrogens with one attached hydrogen (secondary N) is 1. The van der Waals surface area contributed by atoms with Gasteiger partial charge in [-0.05, 0) is 17.7 Å². The second-order valence-electron chi connectivity index (χ2n) is 4.87. The van der Waals surface area contributed by atoms with Crippen molar-refractivity contribution in [2.24, 2.45) is 0 Å². The molecule has 1 aliphatic rings. The standard InChI is InChI=1S/C13H17F3N2O2.2ClH/c14-13(15,16)8-10(18-5-3-17-4-6-18)9-1-2-11(19)12(20)7-9;;/h1-2,7,10,17,19-20H,3-6,8H2;2*1H/t10-;;/m0../s1. The summed E-state index contributed by atoms with van der Waals surface area (Å²) in [6.45, 7) is 2.31. The molecule has 128 valence electrons. The van der Waals surface area contributed by atoms with Crippen molar-refractivity contribution in [3.8, 4) is 11.5 Å². The highest BCUT2D eigenvalue weighted by Gasteiger charge is 2.36. The molecule has 1 atom stereocenters. The smallest absolute Gasteiger partial charge is 0.390 e. The maximum atomic E-state index is 12.8. The Morgan fingerprint density at radius 1 is 1.09 bits per heavy atom. The van der Waals surface area contributed by atoms with E-state index in [9.17, 15) is 23.4 Å². The Balaban J connectivity index is 0.00000220. The Kier molecular flexibility index (Phi) is 8.32. The van der Waals surface area contributed by atoms with Crippen LogP contribution in [0.15, 0.2) is 18.2 Å². The number of hydrogen-bond acceptors (Lipinski definition) is 4. The fourth-order valence-electron chi connectivity index (χ4n) is 2.42. The van der Waals surface area contributed by atoms with E-state index in [2.05, 4.69) is 5.32 Å². The first-order valence-electron chi connectivity index (χ1n) is 6.40. The van der Waals surface area contributed by atoms with E-state index >= 15 is 0 Å². The van der Waals surface area contributed by atoms with Crippen molar-refractivity contribution in [2.45, 2.75) is 18.6 Å². The number of alkyl halides is 3. The van der Waals surface area contributed by atoms with Gasteiger partial charge in [-0.3, -0.25) is 4.90 Å². The molecular formula is C13H19Cl2F3N2O2. The predicted molar refractivity (Wildman–Crippen MR) is 82.1 cm³/mol. The molecule has 3 N–H and O–H groups in total. The van der Waals surface area contributed by atoms with Crippen molar-refractivity contribution >= 4 is 24.8 Å². The molecule has 0 spiro atoms. The molecule has 1 aliphatic heterocycles. The minimum absolute atomic E-state index is 0. The molecule has 0 amide bonds. The van der Waals surface area contributed by atoms with Crippen LogP contribution in [-0.4, -0.2) is 47.5 Å². The average molecular weight is 363 g/mol. The van der Waals surface area contributed by atoms with Crippen LogP contribution in [0.25, 0.3) is 0 Å². The zero-order valence-electron chi connectivity index (χ0n) is 11.6. The van der Waals surface area contributed by atoms with Gasteiger partial charge in [-0.25, -0.2) is 0 Å². The van der Waals surface area contributed by atoms with Gasteiger partial charge in [-0.1, -0.05) is 6.07 Å². The van der Waals surface area contributed by atoms with Gasteiger partial charge in [0.05, 0.1) is 6.42 Å². The van der Waals surface area contributed by atoms with E-state index in [1.54, 1.807) is 4.90 Å². The zero-order valence-corrected chi connectivity index (χ0v) is 13.3. The van der Waals surface area contributed by atoms with E-state index in [0.29, 0.717) is 31.7 Å². The molecule has 1 aromatic rings. The summed E-state index contributed by atoms with van der Waals surface area (Å²) in [4.78, 5) is 1.75. The topological polar surface area (TPSA) is 55.7 Å². The third kappa shape index (κ3) is 5.72. The quantitative estimate of drug-likeness (QED) is 0.723. The summed E-state index contributed by atoms with van der Waals surface area (Å²) >= 11 is 0. The highest BCUT2D eigenvalue weighted by Crippen LogP contribution is 2.37. The number of aromatic hydroxyl groups is 2. The summed E-state index contributed by atoms with van der Waals surface area (Å²) in [5, 5.41) is 21.8. The largest absolute Gasteiger partial charge is 0.504 e. The number of benzene rings is 1. The molecule has 1 saturated heterocycles. The lowest BCUT2D eigenvalue weighted by Gasteiger charge is -2.35. The van der Waals surface area contributed by atoms with E-state index in [1.807, 2.05) is 0 Å². The SMILES string of the molecule is Cl.Cl.Oc1ccc([C@H](CC(F)(F)F)N2CCNCC2)cc1O. The maximum absolute atomic E-state index is 12.8. The van der Waals surface area contributed by atoms with Crippen LogP contribution in [0.3, 0.4) is 0 Å². The summed E-state index contributed by atoms with van der Waals surface area (Å²) in [7, 11) is 0. The van der Waals surface area contributed by atoms with Crippen LogP contribution in [-0.2, 0) is 0 Å². The summed E-state index contributed by atoms with van der Waals surface area (Å²) in [6.07, 6.45) is -5.26. The Morgan fingerprint density at radius 2 is 1.68 bits per heavy atom. The Labute approximate surface area is 139 Å². The van der Waals surface area contributed by atoms with Gasteiger partial charge in [0.2, 0.25) is 0 Å². The third-order valence-corrected chi connectivity index (χ3v) is 3.40. The Morgan fingerprint density at radius 3 is 2.18 bits per heavy atom. The second-order valence-corrected chi connectivity index (χ2v) is 4.87. The number of piperazine rings is 1. The first-order valence-corrected chi connectivity index (χ1v) is 6.40. The van der Waals surface area contributed by atoms with Crippen molar-refractivity contribution < 1.29 is 23.4 Å². The van der Waals surface area contributed by atoms with Crippen LogP contribution in [0.1, 0.15) is 18.0 Å². The van der Waals surface area contributed by atoms with Gasteiger partial charge in [0.1, 0.15) is 0 Å². The highest BCUT2D eigenvalue weighted by molar-refractivity contribution is 5.85. The van der Waals surface area contributed by atoms with Crippen LogP contribution in [0, 0.1) is 0 Å². The summed E-state index contributed by atoms with van der Waals surface area (Å²) in [5.74, 6) is -0.732. The molecule has 22 heavy (non-hydrogen) atoms. The molecule has 9 heteroatoms. The summed E-state index contributed by atoms with van der Waals surface area (Å²) in [6, 6.07) is 3.00. The molecule has 0 aromatic heterocycles. The van der Waals surface area contributed by atoms with Crippen LogP contribution in [0.5, 0.6) is 11.5 Å². The molecular weight excluding hydrogens is 344 g/mol. The summed E-state index contributed by atoms with van der Waals surface area (Å²) < 4.78 is 38.3. The molecule has 4 nitrogen and oxygen atoms in total. The van der Waals surface area contributed by atoms with E-state index in [1.165, 1.54) is 18.2 Å². The van der Waals surface area contributed by atoms with Gasteiger partial charge in [-0.2, -0.15) is 13.2 Å². The first kappa shape index (κ1) is 21.1. The normalized spacial score (nSPS) is 17.2. The van der Waals surface area contributed by atoms with Crippen molar-refractivity contribution in [3.05, 3.63) is 23.8 Å². The monoisotopic (exact) mass is 362 g/mol. The lowest BCUT2D eigenvalue weighted by atomic mass is 10.00. The van der Waals surface area contributed by atoms with Crippen LogP contribution >= 0.6 is 24.8 Å². The molecule has 0 saturated carbocycles.